The highest BCUT2D eigenvalue weighted by atomic mass is 32.1. The van der Waals surface area contributed by atoms with Crippen LogP contribution in [0.3, 0.4) is 0 Å². The molecule has 1 amide bonds. The van der Waals surface area contributed by atoms with Crippen molar-refractivity contribution in [3.63, 3.8) is 0 Å². The van der Waals surface area contributed by atoms with Crippen LogP contribution in [-0.4, -0.2) is 17.4 Å². The van der Waals surface area contributed by atoms with Crippen LogP contribution in [0.15, 0.2) is 48.5 Å². The number of hydrogen-bond acceptors (Lipinski definition) is 3. The second kappa shape index (κ2) is 7.53. The number of aromatic nitrogens is 1. The summed E-state index contributed by atoms with van der Waals surface area (Å²) in [7, 11) is 0. The lowest BCUT2D eigenvalue weighted by molar-refractivity contribution is 0.0950. The molecule has 128 valence electrons. The molecule has 0 bridgehead atoms. The summed E-state index contributed by atoms with van der Waals surface area (Å²) in [4.78, 5) is 17.5. The van der Waals surface area contributed by atoms with Crippen LogP contribution in [0.1, 0.15) is 20.9 Å². The van der Waals surface area contributed by atoms with Gasteiger partial charge in [0.2, 0.25) is 0 Å². The normalized spacial score (nSPS) is 10.7. The molecule has 0 aliphatic carbocycles. The molecule has 25 heavy (non-hydrogen) atoms. The van der Waals surface area contributed by atoms with Crippen LogP contribution >= 0.6 is 11.3 Å². The fourth-order valence-electron chi connectivity index (χ4n) is 2.41. The molecule has 3 nitrogen and oxygen atoms in total. The Morgan fingerprint density at radius 1 is 1.12 bits per heavy atom. The SMILES string of the molecule is Cc1nc(-c2ccc(F)cc2)sc1CCNC(=O)c1ccccc1F. The van der Waals surface area contributed by atoms with Gasteiger partial charge in [-0.05, 0) is 43.3 Å². The van der Waals surface area contributed by atoms with Gasteiger partial charge >= 0.3 is 0 Å². The monoisotopic (exact) mass is 358 g/mol. The third-order valence-electron chi connectivity index (χ3n) is 3.74. The number of hydrogen-bond donors (Lipinski definition) is 1. The fraction of sp³-hybridized carbons (Fsp3) is 0.158. The van der Waals surface area contributed by atoms with Crippen LogP contribution in [-0.2, 0) is 6.42 Å². The molecule has 1 N–H and O–H groups in total. The minimum atomic E-state index is -0.535. The number of rotatable bonds is 5. The number of amides is 1. The first-order chi connectivity index (χ1) is 12.0. The van der Waals surface area contributed by atoms with Gasteiger partial charge in [-0.25, -0.2) is 13.8 Å². The lowest BCUT2D eigenvalue weighted by atomic mass is 10.2. The zero-order valence-electron chi connectivity index (χ0n) is 13.6. The maximum Gasteiger partial charge on any atom is 0.254 e. The van der Waals surface area contributed by atoms with E-state index in [0.29, 0.717) is 13.0 Å². The molecule has 0 fully saturated rings. The minimum Gasteiger partial charge on any atom is -0.352 e. The predicted molar refractivity (Wildman–Crippen MR) is 94.7 cm³/mol. The first-order valence-electron chi connectivity index (χ1n) is 7.79. The predicted octanol–water partition coefficient (Wildman–Crippen LogP) is 4.37. The first-order valence-corrected chi connectivity index (χ1v) is 8.61. The maximum absolute atomic E-state index is 13.6. The van der Waals surface area contributed by atoms with Crippen molar-refractivity contribution in [1.29, 1.82) is 0 Å². The standard InChI is InChI=1S/C19H16F2N2OS/c1-12-17(25-19(23-12)13-6-8-14(20)9-7-13)10-11-22-18(24)15-4-2-3-5-16(15)21/h2-9H,10-11H2,1H3,(H,22,24). The molecule has 0 spiro atoms. The summed E-state index contributed by atoms with van der Waals surface area (Å²) in [6, 6.07) is 12.1. The average Bonchev–Trinajstić information content (AvgIpc) is 2.97. The Balaban J connectivity index is 1.63. The van der Waals surface area contributed by atoms with E-state index in [-0.39, 0.29) is 11.4 Å². The third kappa shape index (κ3) is 4.09. The molecule has 2 aromatic carbocycles. The molecular weight excluding hydrogens is 342 g/mol. The van der Waals surface area contributed by atoms with Gasteiger partial charge in [0.25, 0.3) is 5.91 Å². The number of benzene rings is 2. The molecule has 0 aliphatic heterocycles. The maximum atomic E-state index is 13.6. The van der Waals surface area contributed by atoms with Gasteiger partial charge < -0.3 is 5.32 Å². The van der Waals surface area contributed by atoms with E-state index in [1.807, 2.05) is 6.92 Å². The molecule has 6 heteroatoms. The largest absolute Gasteiger partial charge is 0.352 e. The highest BCUT2D eigenvalue weighted by Crippen LogP contribution is 2.28. The van der Waals surface area contributed by atoms with E-state index in [4.69, 9.17) is 0 Å². The van der Waals surface area contributed by atoms with Crippen LogP contribution in [0.4, 0.5) is 8.78 Å². The van der Waals surface area contributed by atoms with E-state index in [1.54, 1.807) is 24.3 Å². The van der Waals surface area contributed by atoms with Gasteiger partial charge in [0.15, 0.2) is 0 Å². The molecule has 0 radical (unpaired) electrons. The summed E-state index contributed by atoms with van der Waals surface area (Å²) < 4.78 is 26.6. The average molecular weight is 358 g/mol. The van der Waals surface area contributed by atoms with E-state index < -0.39 is 11.7 Å². The molecular formula is C19H16F2N2OS. The van der Waals surface area contributed by atoms with E-state index in [2.05, 4.69) is 10.3 Å². The van der Waals surface area contributed by atoms with E-state index in [9.17, 15) is 13.6 Å². The summed E-state index contributed by atoms with van der Waals surface area (Å²) in [5.74, 6) is -1.25. The number of aryl methyl sites for hydroxylation is 1. The summed E-state index contributed by atoms with van der Waals surface area (Å²) in [5.41, 5.74) is 1.77. The Morgan fingerprint density at radius 3 is 2.56 bits per heavy atom. The van der Waals surface area contributed by atoms with Crippen LogP contribution in [0.25, 0.3) is 10.6 Å². The Bertz CT molecular complexity index is 891. The molecule has 1 heterocycles. The molecule has 0 aliphatic rings. The number of carbonyl (C=O) groups is 1. The van der Waals surface area contributed by atoms with Crippen LogP contribution in [0.2, 0.25) is 0 Å². The van der Waals surface area contributed by atoms with Gasteiger partial charge in [0.05, 0.1) is 11.3 Å². The molecule has 0 unspecified atom stereocenters. The second-order valence-corrected chi connectivity index (χ2v) is 6.60. The molecule has 0 saturated heterocycles. The first kappa shape index (κ1) is 17.2. The zero-order chi connectivity index (χ0) is 17.8. The zero-order valence-corrected chi connectivity index (χ0v) is 14.4. The minimum absolute atomic E-state index is 0.0375. The van der Waals surface area contributed by atoms with Crippen molar-refractivity contribution in [1.82, 2.24) is 10.3 Å². The van der Waals surface area contributed by atoms with Crippen molar-refractivity contribution in [3.05, 3.63) is 76.3 Å². The Morgan fingerprint density at radius 2 is 1.84 bits per heavy atom. The highest BCUT2D eigenvalue weighted by Gasteiger charge is 2.12. The van der Waals surface area contributed by atoms with E-state index >= 15 is 0 Å². The van der Waals surface area contributed by atoms with Gasteiger partial charge in [-0.3, -0.25) is 4.79 Å². The Hall–Kier alpha value is -2.60. The number of carbonyl (C=O) groups excluding carboxylic acids is 1. The van der Waals surface area contributed by atoms with Crippen LogP contribution in [0.5, 0.6) is 0 Å². The Labute approximate surface area is 148 Å². The van der Waals surface area contributed by atoms with Gasteiger partial charge in [-0.1, -0.05) is 12.1 Å². The smallest absolute Gasteiger partial charge is 0.254 e. The molecule has 0 saturated carbocycles. The van der Waals surface area contributed by atoms with Gasteiger partial charge in [0.1, 0.15) is 16.6 Å². The lowest BCUT2D eigenvalue weighted by Crippen LogP contribution is -2.26. The van der Waals surface area contributed by atoms with Crippen molar-refractivity contribution in [2.75, 3.05) is 6.54 Å². The van der Waals surface area contributed by atoms with Crippen LogP contribution < -0.4 is 5.32 Å². The van der Waals surface area contributed by atoms with Gasteiger partial charge in [-0.2, -0.15) is 0 Å². The second-order valence-electron chi connectivity index (χ2n) is 5.52. The Kier molecular flexibility index (Phi) is 5.19. The molecule has 3 rings (SSSR count). The number of nitrogens with zero attached hydrogens (tertiary/aromatic N) is 1. The molecule has 3 aromatic rings. The highest BCUT2D eigenvalue weighted by molar-refractivity contribution is 7.15. The molecule has 0 atom stereocenters. The lowest BCUT2D eigenvalue weighted by Gasteiger charge is -2.05. The molecule has 1 aromatic heterocycles. The quantitative estimate of drug-likeness (QED) is 0.736. The number of thiazole rings is 1. The van der Waals surface area contributed by atoms with Crippen molar-refractivity contribution in [3.8, 4) is 10.6 Å². The van der Waals surface area contributed by atoms with Crippen LogP contribution in [0, 0.1) is 18.6 Å². The van der Waals surface area contributed by atoms with Crippen molar-refractivity contribution < 1.29 is 13.6 Å². The van der Waals surface area contributed by atoms with Crippen molar-refractivity contribution in [2.24, 2.45) is 0 Å². The van der Waals surface area contributed by atoms with Gasteiger partial charge in [-0.15, -0.1) is 11.3 Å². The topological polar surface area (TPSA) is 42.0 Å². The summed E-state index contributed by atoms with van der Waals surface area (Å²) in [5, 5.41) is 3.54. The third-order valence-corrected chi connectivity index (χ3v) is 5.01. The van der Waals surface area contributed by atoms with E-state index in [0.717, 1.165) is 21.1 Å². The van der Waals surface area contributed by atoms with Gasteiger partial charge in [0, 0.05) is 23.4 Å². The summed E-state index contributed by atoms with van der Waals surface area (Å²) in [6.45, 7) is 2.29. The summed E-state index contributed by atoms with van der Waals surface area (Å²) in [6.07, 6.45) is 0.602. The van der Waals surface area contributed by atoms with Crippen molar-refractivity contribution >= 4 is 17.2 Å². The fourth-order valence-corrected chi connectivity index (χ4v) is 3.47. The summed E-state index contributed by atoms with van der Waals surface area (Å²) >= 11 is 1.51. The number of halogens is 2. The van der Waals surface area contributed by atoms with Crippen molar-refractivity contribution in [2.45, 2.75) is 13.3 Å². The van der Waals surface area contributed by atoms with E-state index in [1.165, 1.54) is 35.6 Å². The number of nitrogens with one attached hydrogen (secondary N) is 1.